The number of aromatic nitrogens is 2. The van der Waals surface area contributed by atoms with Gasteiger partial charge in [-0.05, 0) is 23.7 Å². The average Bonchev–Trinajstić information content (AvgIpc) is 2.60. The Morgan fingerprint density at radius 3 is 3.06 bits per heavy atom. The molecule has 1 unspecified atom stereocenters. The molecule has 0 saturated carbocycles. The Labute approximate surface area is 102 Å². The van der Waals surface area contributed by atoms with Crippen molar-refractivity contribution >= 4 is 11.8 Å². The molecule has 1 saturated heterocycles. The molecule has 1 atom stereocenters. The molecule has 90 valence electrons. The summed E-state index contributed by atoms with van der Waals surface area (Å²) in [6, 6.07) is 2.71. The Morgan fingerprint density at radius 1 is 1.62 bits per heavy atom. The van der Waals surface area contributed by atoms with Crippen molar-refractivity contribution in [1.82, 2.24) is 15.1 Å². The molecule has 3 nitrogen and oxygen atoms in total. The summed E-state index contributed by atoms with van der Waals surface area (Å²) >= 11 is 2.06. The fourth-order valence-electron chi connectivity index (χ4n) is 2.20. The quantitative estimate of drug-likeness (QED) is 0.875. The van der Waals surface area contributed by atoms with Crippen LogP contribution in [0.25, 0.3) is 0 Å². The first kappa shape index (κ1) is 12.0. The van der Waals surface area contributed by atoms with E-state index in [1.807, 2.05) is 17.9 Å². The highest BCUT2D eigenvalue weighted by Gasteiger charge is 2.27. The van der Waals surface area contributed by atoms with Gasteiger partial charge in [-0.2, -0.15) is 16.9 Å². The van der Waals surface area contributed by atoms with E-state index in [-0.39, 0.29) is 0 Å². The van der Waals surface area contributed by atoms with E-state index in [0.29, 0.717) is 11.5 Å². The van der Waals surface area contributed by atoms with Gasteiger partial charge >= 0.3 is 0 Å². The van der Waals surface area contributed by atoms with Crippen LogP contribution in [0.4, 0.5) is 0 Å². The Hall–Kier alpha value is -0.480. The molecule has 0 aromatic carbocycles. The van der Waals surface area contributed by atoms with Gasteiger partial charge in [0, 0.05) is 31.6 Å². The van der Waals surface area contributed by atoms with Crippen molar-refractivity contribution < 1.29 is 0 Å². The van der Waals surface area contributed by atoms with Crippen LogP contribution in [0.3, 0.4) is 0 Å². The van der Waals surface area contributed by atoms with Crippen LogP contribution in [-0.2, 0) is 13.6 Å². The molecule has 1 aliphatic heterocycles. The monoisotopic (exact) mass is 239 g/mol. The second kappa shape index (κ2) is 4.80. The van der Waals surface area contributed by atoms with Gasteiger partial charge in [-0.25, -0.2) is 0 Å². The summed E-state index contributed by atoms with van der Waals surface area (Å²) in [5.74, 6) is 2.52. The third kappa shape index (κ3) is 3.25. The molecule has 0 aliphatic carbocycles. The van der Waals surface area contributed by atoms with Gasteiger partial charge in [0.1, 0.15) is 0 Å². The van der Waals surface area contributed by atoms with Gasteiger partial charge in [0.15, 0.2) is 0 Å². The molecule has 4 heteroatoms. The Bertz CT molecular complexity index is 346. The lowest BCUT2D eigenvalue weighted by Gasteiger charge is -2.35. The molecule has 2 heterocycles. The summed E-state index contributed by atoms with van der Waals surface area (Å²) in [7, 11) is 1.96. The number of rotatable bonds is 3. The molecular weight excluding hydrogens is 218 g/mol. The summed E-state index contributed by atoms with van der Waals surface area (Å²) in [5.41, 5.74) is 1.61. The topological polar surface area (TPSA) is 29.9 Å². The molecule has 1 aromatic heterocycles. The Kier molecular flexibility index (Phi) is 3.60. The number of hydrogen-bond donors (Lipinski definition) is 1. The summed E-state index contributed by atoms with van der Waals surface area (Å²) < 4.78 is 1.86. The third-order valence-corrected chi connectivity index (χ3v) is 4.58. The van der Waals surface area contributed by atoms with Gasteiger partial charge in [0.05, 0.1) is 5.69 Å². The first-order chi connectivity index (χ1) is 7.55. The summed E-state index contributed by atoms with van der Waals surface area (Å²) in [6.45, 7) is 5.60. The predicted molar refractivity (Wildman–Crippen MR) is 69.6 cm³/mol. The first-order valence-electron chi connectivity index (χ1n) is 5.85. The second-order valence-electron chi connectivity index (χ2n) is 5.44. The lowest BCUT2D eigenvalue weighted by molar-refractivity contribution is 0.316. The van der Waals surface area contributed by atoms with Gasteiger partial charge in [0.25, 0.3) is 0 Å². The van der Waals surface area contributed by atoms with Crippen molar-refractivity contribution in [3.63, 3.8) is 0 Å². The van der Waals surface area contributed by atoms with Crippen LogP contribution in [-0.4, -0.2) is 27.3 Å². The van der Waals surface area contributed by atoms with E-state index in [1.165, 1.54) is 17.9 Å². The number of hydrogen-bond acceptors (Lipinski definition) is 3. The van der Waals surface area contributed by atoms with Crippen molar-refractivity contribution in [1.29, 1.82) is 0 Å². The van der Waals surface area contributed by atoms with Gasteiger partial charge < -0.3 is 5.32 Å². The average molecular weight is 239 g/mol. The van der Waals surface area contributed by atoms with E-state index in [4.69, 9.17) is 0 Å². The van der Waals surface area contributed by atoms with Gasteiger partial charge in [0.2, 0.25) is 0 Å². The number of aryl methyl sites for hydroxylation is 1. The maximum atomic E-state index is 4.38. The molecule has 1 aliphatic rings. The number of thioether (sulfide) groups is 1. The molecule has 0 bridgehead atoms. The van der Waals surface area contributed by atoms with Gasteiger partial charge in [-0.3, -0.25) is 4.68 Å². The molecular formula is C12H21N3S. The van der Waals surface area contributed by atoms with E-state index < -0.39 is 0 Å². The van der Waals surface area contributed by atoms with Crippen LogP contribution in [0.5, 0.6) is 0 Å². The van der Waals surface area contributed by atoms with Crippen molar-refractivity contribution in [2.45, 2.75) is 32.9 Å². The molecule has 2 rings (SSSR count). The summed E-state index contributed by atoms with van der Waals surface area (Å²) in [4.78, 5) is 0. The lowest BCUT2D eigenvalue weighted by Crippen LogP contribution is -2.40. The zero-order valence-electron chi connectivity index (χ0n) is 10.4. The molecule has 0 spiro atoms. The summed E-state index contributed by atoms with van der Waals surface area (Å²) in [5, 5.41) is 7.99. The van der Waals surface area contributed by atoms with E-state index in [0.717, 1.165) is 12.2 Å². The van der Waals surface area contributed by atoms with Crippen LogP contribution >= 0.6 is 11.8 Å². The SMILES string of the molecule is Cn1ccc(CNC2CSCC(C)(C)C2)n1. The van der Waals surface area contributed by atoms with E-state index in [2.05, 4.69) is 42.1 Å². The lowest BCUT2D eigenvalue weighted by atomic mass is 9.88. The first-order valence-corrected chi connectivity index (χ1v) is 7.00. The minimum atomic E-state index is 0.477. The highest BCUT2D eigenvalue weighted by Crippen LogP contribution is 2.33. The summed E-state index contributed by atoms with van der Waals surface area (Å²) in [6.07, 6.45) is 3.27. The van der Waals surface area contributed by atoms with Crippen molar-refractivity contribution in [2.24, 2.45) is 12.5 Å². The van der Waals surface area contributed by atoms with Gasteiger partial charge in [-0.15, -0.1) is 0 Å². The maximum absolute atomic E-state index is 4.38. The van der Waals surface area contributed by atoms with Gasteiger partial charge in [-0.1, -0.05) is 13.8 Å². The van der Waals surface area contributed by atoms with E-state index in [9.17, 15) is 0 Å². The normalized spacial score (nSPS) is 24.6. The van der Waals surface area contributed by atoms with Crippen LogP contribution in [0, 0.1) is 5.41 Å². The smallest absolute Gasteiger partial charge is 0.0762 e. The van der Waals surface area contributed by atoms with Crippen LogP contribution in [0.2, 0.25) is 0 Å². The second-order valence-corrected chi connectivity index (χ2v) is 6.47. The number of nitrogens with zero attached hydrogens (tertiary/aromatic N) is 2. The van der Waals surface area contributed by atoms with Crippen LogP contribution in [0.1, 0.15) is 26.0 Å². The minimum Gasteiger partial charge on any atom is -0.307 e. The fraction of sp³-hybridized carbons (Fsp3) is 0.750. The zero-order valence-corrected chi connectivity index (χ0v) is 11.2. The molecule has 1 N–H and O–H groups in total. The Morgan fingerprint density at radius 2 is 2.44 bits per heavy atom. The minimum absolute atomic E-state index is 0.477. The van der Waals surface area contributed by atoms with Crippen LogP contribution < -0.4 is 5.32 Å². The van der Waals surface area contributed by atoms with E-state index >= 15 is 0 Å². The molecule has 1 fully saturated rings. The molecule has 0 radical (unpaired) electrons. The molecule has 16 heavy (non-hydrogen) atoms. The Balaban J connectivity index is 1.82. The third-order valence-electron chi connectivity index (χ3n) is 2.95. The zero-order chi connectivity index (χ0) is 11.6. The van der Waals surface area contributed by atoms with Crippen molar-refractivity contribution in [2.75, 3.05) is 11.5 Å². The molecule has 1 aromatic rings. The van der Waals surface area contributed by atoms with Crippen molar-refractivity contribution in [3.8, 4) is 0 Å². The molecule has 0 amide bonds. The van der Waals surface area contributed by atoms with Crippen molar-refractivity contribution in [3.05, 3.63) is 18.0 Å². The maximum Gasteiger partial charge on any atom is 0.0762 e. The largest absolute Gasteiger partial charge is 0.307 e. The number of nitrogens with one attached hydrogen (secondary N) is 1. The van der Waals surface area contributed by atoms with Crippen LogP contribution in [0.15, 0.2) is 12.3 Å². The highest BCUT2D eigenvalue weighted by molar-refractivity contribution is 7.99. The predicted octanol–water partition coefficient (Wildman–Crippen LogP) is 2.04. The highest BCUT2D eigenvalue weighted by atomic mass is 32.2. The fourth-order valence-corrected chi connectivity index (χ4v) is 3.51. The van der Waals surface area contributed by atoms with E-state index in [1.54, 1.807) is 0 Å². The standard InChI is InChI=1S/C12H21N3S/c1-12(2)6-11(8-16-9-12)13-7-10-4-5-15(3)14-10/h4-5,11,13H,6-9H2,1-3H3.